The first-order chi connectivity index (χ1) is 14.2. The van der Waals surface area contributed by atoms with E-state index >= 15 is 0 Å². The van der Waals surface area contributed by atoms with E-state index in [1.54, 1.807) is 24.3 Å². The number of hydrogen-bond donors (Lipinski definition) is 3. The Morgan fingerprint density at radius 1 is 1.07 bits per heavy atom. The summed E-state index contributed by atoms with van der Waals surface area (Å²) in [5, 5.41) is 5.59. The summed E-state index contributed by atoms with van der Waals surface area (Å²) in [5.74, 6) is -0.640. The molecule has 0 radical (unpaired) electrons. The molecule has 0 aliphatic carbocycles. The van der Waals surface area contributed by atoms with Gasteiger partial charge in [0.25, 0.3) is 0 Å². The maximum Gasteiger partial charge on any atom is 0.226 e. The highest BCUT2D eigenvalue weighted by Crippen LogP contribution is 2.19. The van der Waals surface area contributed by atoms with Crippen molar-refractivity contribution in [1.29, 1.82) is 0 Å². The number of hydrogen-bond acceptors (Lipinski definition) is 4. The summed E-state index contributed by atoms with van der Waals surface area (Å²) in [6, 6.07) is 13.8. The SMILES string of the molecule is C=CCNS(=O)(=O)Cc1ccc(NC(=O)CC(NC(C)=O)c2ccc(C)cc2)cc1. The monoisotopic (exact) mass is 429 g/mol. The molecule has 0 spiro atoms. The second-order valence-corrected chi connectivity index (χ2v) is 8.82. The van der Waals surface area contributed by atoms with Gasteiger partial charge in [0.15, 0.2) is 0 Å². The number of carbonyl (C=O) groups is 2. The topological polar surface area (TPSA) is 104 Å². The Balaban J connectivity index is 2.00. The van der Waals surface area contributed by atoms with Crippen molar-refractivity contribution < 1.29 is 18.0 Å². The molecule has 2 aromatic carbocycles. The molecule has 0 saturated carbocycles. The highest BCUT2D eigenvalue weighted by molar-refractivity contribution is 7.88. The standard InChI is InChI=1S/C22H27N3O4S/c1-4-13-23-30(28,29)15-18-7-11-20(12-8-18)25-22(27)14-21(24-17(3)26)19-9-5-16(2)6-10-19/h4-12,21,23H,1,13-15H2,2-3H3,(H,24,26)(H,25,27). The first-order valence-corrected chi connectivity index (χ1v) is 11.1. The van der Waals surface area contributed by atoms with Crippen molar-refractivity contribution in [1.82, 2.24) is 10.0 Å². The predicted octanol–water partition coefficient (Wildman–Crippen LogP) is 2.81. The van der Waals surface area contributed by atoms with E-state index in [0.717, 1.165) is 11.1 Å². The second kappa shape index (κ2) is 10.7. The van der Waals surface area contributed by atoms with E-state index in [1.807, 2.05) is 31.2 Å². The third-order valence-corrected chi connectivity index (χ3v) is 5.61. The number of nitrogens with one attached hydrogen (secondary N) is 3. The molecule has 0 saturated heterocycles. The zero-order valence-corrected chi connectivity index (χ0v) is 18.0. The van der Waals surface area contributed by atoms with Gasteiger partial charge in [-0.25, -0.2) is 13.1 Å². The van der Waals surface area contributed by atoms with Crippen LogP contribution in [0, 0.1) is 6.92 Å². The summed E-state index contributed by atoms with van der Waals surface area (Å²) in [7, 11) is -3.44. The van der Waals surface area contributed by atoms with Gasteiger partial charge in [-0.05, 0) is 30.2 Å². The molecule has 7 nitrogen and oxygen atoms in total. The number of anilines is 1. The fraction of sp³-hybridized carbons (Fsp3) is 0.273. The van der Waals surface area contributed by atoms with Crippen LogP contribution >= 0.6 is 0 Å². The highest BCUT2D eigenvalue weighted by Gasteiger charge is 2.17. The van der Waals surface area contributed by atoms with Crippen molar-refractivity contribution in [3.8, 4) is 0 Å². The van der Waals surface area contributed by atoms with Crippen molar-refractivity contribution in [2.45, 2.75) is 32.1 Å². The van der Waals surface area contributed by atoms with Crippen LogP contribution in [0.25, 0.3) is 0 Å². The zero-order chi connectivity index (χ0) is 22.1. The van der Waals surface area contributed by atoms with E-state index in [0.29, 0.717) is 11.3 Å². The lowest BCUT2D eigenvalue weighted by molar-refractivity contribution is -0.120. The van der Waals surface area contributed by atoms with Crippen LogP contribution in [0.5, 0.6) is 0 Å². The lowest BCUT2D eigenvalue weighted by Crippen LogP contribution is -2.29. The number of benzene rings is 2. The van der Waals surface area contributed by atoms with E-state index in [4.69, 9.17) is 0 Å². The predicted molar refractivity (Wildman–Crippen MR) is 118 cm³/mol. The minimum atomic E-state index is -3.44. The molecule has 0 bridgehead atoms. The molecule has 1 atom stereocenters. The molecule has 2 amide bonds. The van der Waals surface area contributed by atoms with Crippen LogP contribution in [-0.4, -0.2) is 26.8 Å². The lowest BCUT2D eigenvalue weighted by atomic mass is 10.0. The maximum absolute atomic E-state index is 12.5. The fourth-order valence-electron chi connectivity index (χ4n) is 2.83. The van der Waals surface area contributed by atoms with Gasteiger partial charge in [0.2, 0.25) is 21.8 Å². The Kier molecular flexibility index (Phi) is 8.32. The summed E-state index contributed by atoms with van der Waals surface area (Å²) < 4.78 is 26.3. The van der Waals surface area contributed by atoms with Gasteiger partial charge in [0, 0.05) is 19.2 Å². The van der Waals surface area contributed by atoms with Crippen molar-refractivity contribution in [2.24, 2.45) is 0 Å². The van der Waals surface area contributed by atoms with Gasteiger partial charge in [0.1, 0.15) is 0 Å². The fourth-order valence-corrected chi connectivity index (χ4v) is 3.94. The summed E-state index contributed by atoms with van der Waals surface area (Å²) >= 11 is 0. The van der Waals surface area contributed by atoms with E-state index in [1.165, 1.54) is 13.0 Å². The molecule has 1 unspecified atom stereocenters. The van der Waals surface area contributed by atoms with Crippen molar-refractivity contribution >= 4 is 27.5 Å². The molecular formula is C22H27N3O4S. The molecule has 3 N–H and O–H groups in total. The van der Waals surface area contributed by atoms with Gasteiger partial charge in [-0.15, -0.1) is 6.58 Å². The number of sulfonamides is 1. The van der Waals surface area contributed by atoms with E-state index < -0.39 is 16.1 Å². The van der Waals surface area contributed by atoms with Crippen LogP contribution in [-0.2, 0) is 25.4 Å². The minimum absolute atomic E-state index is 0.0737. The Bertz CT molecular complexity index is 984. The largest absolute Gasteiger partial charge is 0.349 e. The minimum Gasteiger partial charge on any atom is -0.349 e. The van der Waals surface area contributed by atoms with E-state index in [-0.39, 0.29) is 30.5 Å². The van der Waals surface area contributed by atoms with Gasteiger partial charge in [0.05, 0.1) is 18.2 Å². The Labute approximate surface area is 177 Å². The molecule has 0 fully saturated rings. The molecular weight excluding hydrogens is 402 g/mol. The summed E-state index contributed by atoms with van der Waals surface area (Å²) in [6.45, 7) is 7.03. The molecule has 8 heteroatoms. The number of carbonyl (C=O) groups excluding carboxylic acids is 2. The quantitative estimate of drug-likeness (QED) is 0.505. The van der Waals surface area contributed by atoms with Crippen molar-refractivity contribution in [2.75, 3.05) is 11.9 Å². The normalized spacial score (nSPS) is 12.1. The Morgan fingerprint density at radius 3 is 2.27 bits per heavy atom. The Hall–Kier alpha value is -2.97. The van der Waals surface area contributed by atoms with Gasteiger partial charge in [-0.3, -0.25) is 9.59 Å². The summed E-state index contributed by atoms with van der Waals surface area (Å²) in [5.41, 5.74) is 3.08. The highest BCUT2D eigenvalue weighted by atomic mass is 32.2. The van der Waals surface area contributed by atoms with Crippen molar-refractivity contribution in [3.63, 3.8) is 0 Å². The maximum atomic E-state index is 12.5. The zero-order valence-electron chi connectivity index (χ0n) is 17.1. The first kappa shape index (κ1) is 23.3. The molecule has 0 aromatic heterocycles. The van der Waals surface area contributed by atoms with E-state index in [9.17, 15) is 18.0 Å². The smallest absolute Gasteiger partial charge is 0.226 e. The van der Waals surface area contributed by atoms with Crippen LogP contribution in [0.4, 0.5) is 5.69 Å². The van der Waals surface area contributed by atoms with Gasteiger partial charge in [-0.1, -0.05) is 48.0 Å². The molecule has 0 aliphatic heterocycles. The average molecular weight is 430 g/mol. The van der Waals surface area contributed by atoms with Crippen LogP contribution in [0.2, 0.25) is 0 Å². The van der Waals surface area contributed by atoms with E-state index in [2.05, 4.69) is 21.9 Å². The number of aryl methyl sites for hydroxylation is 1. The first-order valence-electron chi connectivity index (χ1n) is 9.49. The van der Waals surface area contributed by atoms with Gasteiger partial charge >= 0.3 is 0 Å². The molecule has 160 valence electrons. The third-order valence-electron chi connectivity index (χ3n) is 4.29. The van der Waals surface area contributed by atoms with Crippen LogP contribution in [0.3, 0.4) is 0 Å². The molecule has 2 rings (SSSR count). The average Bonchev–Trinajstić information content (AvgIpc) is 2.67. The lowest BCUT2D eigenvalue weighted by Gasteiger charge is -2.18. The second-order valence-electron chi connectivity index (χ2n) is 7.01. The van der Waals surface area contributed by atoms with Crippen molar-refractivity contribution in [3.05, 3.63) is 77.9 Å². The molecule has 0 aliphatic rings. The van der Waals surface area contributed by atoms with Crippen LogP contribution < -0.4 is 15.4 Å². The number of rotatable bonds is 10. The number of amides is 2. The molecule has 30 heavy (non-hydrogen) atoms. The summed E-state index contributed by atoms with van der Waals surface area (Å²) in [4.78, 5) is 24.0. The molecule has 2 aromatic rings. The summed E-state index contributed by atoms with van der Waals surface area (Å²) in [6.07, 6.45) is 1.55. The van der Waals surface area contributed by atoms with Gasteiger partial charge < -0.3 is 10.6 Å². The van der Waals surface area contributed by atoms with Crippen LogP contribution in [0.1, 0.15) is 36.1 Å². The van der Waals surface area contributed by atoms with Crippen LogP contribution in [0.15, 0.2) is 61.2 Å². The molecule has 0 heterocycles. The third kappa shape index (κ3) is 7.81. The van der Waals surface area contributed by atoms with Gasteiger partial charge in [-0.2, -0.15) is 0 Å². The Morgan fingerprint density at radius 2 is 1.70 bits per heavy atom.